The summed E-state index contributed by atoms with van der Waals surface area (Å²) in [6.45, 7) is 0.955. The molecule has 5 heteroatoms. The Balaban J connectivity index is 1.84. The van der Waals surface area contributed by atoms with E-state index in [2.05, 4.69) is 34.9 Å². The summed E-state index contributed by atoms with van der Waals surface area (Å²) in [5.74, 6) is 0.861. The first-order chi connectivity index (χ1) is 11.2. The molecule has 2 aromatic rings. The van der Waals surface area contributed by atoms with Gasteiger partial charge < -0.3 is 15.7 Å². The van der Waals surface area contributed by atoms with Crippen molar-refractivity contribution < 1.29 is 9.90 Å². The van der Waals surface area contributed by atoms with Gasteiger partial charge in [-0.15, -0.1) is 11.8 Å². The van der Waals surface area contributed by atoms with E-state index < -0.39 is 0 Å². The maximum absolute atomic E-state index is 11.5. The van der Waals surface area contributed by atoms with Gasteiger partial charge in [-0.25, -0.2) is 0 Å². The fourth-order valence-electron chi connectivity index (χ4n) is 2.05. The van der Waals surface area contributed by atoms with Crippen molar-refractivity contribution in [2.24, 2.45) is 0 Å². The molecule has 0 saturated carbocycles. The van der Waals surface area contributed by atoms with Crippen molar-refractivity contribution in [2.75, 3.05) is 24.7 Å². The Labute approximate surface area is 141 Å². The highest BCUT2D eigenvalue weighted by Gasteiger charge is 2.02. The van der Waals surface area contributed by atoms with Crippen LogP contribution in [-0.4, -0.2) is 30.4 Å². The van der Waals surface area contributed by atoms with Crippen LogP contribution < -0.4 is 10.6 Å². The van der Waals surface area contributed by atoms with Crippen molar-refractivity contribution in [1.29, 1.82) is 0 Å². The van der Waals surface area contributed by atoms with Crippen molar-refractivity contribution in [3.63, 3.8) is 0 Å². The van der Waals surface area contributed by atoms with Gasteiger partial charge in [-0.2, -0.15) is 0 Å². The van der Waals surface area contributed by atoms with E-state index in [0.717, 1.165) is 23.4 Å². The average Bonchev–Trinajstić information content (AvgIpc) is 2.61. The number of nitrogens with one attached hydrogen (secondary N) is 2. The molecule has 4 nitrogen and oxygen atoms in total. The third-order valence-corrected chi connectivity index (χ3v) is 4.46. The first kappa shape index (κ1) is 17.4. The van der Waals surface area contributed by atoms with Crippen LogP contribution in [0, 0.1) is 0 Å². The average molecular weight is 330 g/mol. The van der Waals surface area contributed by atoms with Gasteiger partial charge in [0.25, 0.3) is 5.91 Å². The first-order valence-corrected chi connectivity index (χ1v) is 8.60. The lowest BCUT2D eigenvalue weighted by molar-refractivity contribution is 0.0963. The summed E-state index contributed by atoms with van der Waals surface area (Å²) in [6, 6.07) is 15.8. The molecule has 3 N–H and O–H groups in total. The number of thioether (sulfide) groups is 1. The lowest BCUT2D eigenvalue weighted by atomic mass is 10.1. The molecule has 122 valence electrons. The van der Waals surface area contributed by atoms with Crippen LogP contribution in [0.1, 0.15) is 22.3 Å². The quantitative estimate of drug-likeness (QED) is 0.514. The smallest absolute Gasteiger partial charge is 0.251 e. The number of aliphatic hydroxyl groups excluding tert-OH is 1. The van der Waals surface area contributed by atoms with Gasteiger partial charge in [0.2, 0.25) is 0 Å². The number of hydrogen-bond acceptors (Lipinski definition) is 4. The molecule has 0 aliphatic rings. The molecule has 0 unspecified atom stereocenters. The van der Waals surface area contributed by atoms with Crippen molar-refractivity contribution in [3.8, 4) is 0 Å². The zero-order valence-electron chi connectivity index (χ0n) is 13.2. The Morgan fingerprint density at radius 2 is 1.78 bits per heavy atom. The fraction of sp³-hybridized carbons (Fsp3) is 0.278. The predicted octanol–water partition coefficient (Wildman–Crippen LogP) is 3.13. The molecule has 0 spiro atoms. The molecule has 0 heterocycles. The van der Waals surface area contributed by atoms with Gasteiger partial charge in [0, 0.05) is 42.1 Å². The second kappa shape index (κ2) is 9.22. The van der Waals surface area contributed by atoms with E-state index in [-0.39, 0.29) is 12.5 Å². The Morgan fingerprint density at radius 3 is 2.39 bits per heavy atom. The fourth-order valence-corrected chi connectivity index (χ4v) is 2.88. The summed E-state index contributed by atoms with van der Waals surface area (Å²) < 4.78 is 0. The van der Waals surface area contributed by atoms with E-state index in [1.165, 1.54) is 4.90 Å². The van der Waals surface area contributed by atoms with E-state index >= 15 is 0 Å². The summed E-state index contributed by atoms with van der Waals surface area (Å²) in [5, 5.41) is 14.8. The molecule has 0 aliphatic carbocycles. The van der Waals surface area contributed by atoms with E-state index in [4.69, 9.17) is 5.11 Å². The van der Waals surface area contributed by atoms with E-state index in [0.29, 0.717) is 12.1 Å². The number of anilines is 1. The van der Waals surface area contributed by atoms with E-state index in [9.17, 15) is 4.79 Å². The maximum Gasteiger partial charge on any atom is 0.251 e. The van der Waals surface area contributed by atoms with Crippen LogP contribution in [-0.2, 0) is 6.54 Å². The molecule has 0 aromatic heterocycles. The summed E-state index contributed by atoms with van der Waals surface area (Å²) >= 11 is 1.75. The topological polar surface area (TPSA) is 61.4 Å². The maximum atomic E-state index is 11.5. The van der Waals surface area contributed by atoms with Gasteiger partial charge in [0.05, 0.1) is 0 Å². The van der Waals surface area contributed by atoms with Crippen molar-refractivity contribution in [2.45, 2.75) is 17.9 Å². The summed E-state index contributed by atoms with van der Waals surface area (Å²) in [4.78, 5) is 12.7. The van der Waals surface area contributed by atoms with E-state index in [1.807, 2.05) is 24.3 Å². The lowest BCUT2D eigenvalue weighted by Crippen LogP contribution is -2.17. The van der Waals surface area contributed by atoms with Crippen molar-refractivity contribution in [1.82, 2.24) is 5.32 Å². The minimum atomic E-state index is -0.0706. The van der Waals surface area contributed by atoms with Crippen LogP contribution in [0.3, 0.4) is 0 Å². The standard InChI is InChI=1S/C18H22N2O2S/c1-19-18(22)15-5-3-14(4-6-15)13-20-16-7-9-17(10-8-16)23-12-2-11-21/h3-10,20-21H,2,11-13H2,1H3,(H,19,22). The first-order valence-electron chi connectivity index (χ1n) is 7.61. The Bertz CT molecular complexity index is 612. The summed E-state index contributed by atoms with van der Waals surface area (Å²) in [5.41, 5.74) is 2.85. The third kappa shape index (κ3) is 5.62. The molecule has 2 rings (SSSR count). The number of rotatable bonds is 8. The number of benzene rings is 2. The lowest BCUT2D eigenvalue weighted by Gasteiger charge is -2.08. The molecule has 0 aliphatic heterocycles. The number of carbonyl (C=O) groups excluding carboxylic acids is 1. The molecule has 2 aromatic carbocycles. The minimum absolute atomic E-state index is 0.0706. The zero-order chi connectivity index (χ0) is 16.5. The second-order valence-corrected chi connectivity index (χ2v) is 6.25. The molecule has 0 bridgehead atoms. The highest BCUT2D eigenvalue weighted by Crippen LogP contribution is 2.21. The highest BCUT2D eigenvalue weighted by molar-refractivity contribution is 7.99. The van der Waals surface area contributed by atoms with E-state index in [1.54, 1.807) is 18.8 Å². The Morgan fingerprint density at radius 1 is 1.09 bits per heavy atom. The Hall–Kier alpha value is -1.98. The van der Waals surface area contributed by atoms with Crippen molar-refractivity contribution >= 4 is 23.4 Å². The summed E-state index contributed by atoms with van der Waals surface area (Å²) in [6.07, 6.45) is 0.816. The normalized spacial score (nSPS) is 10.3. The molecule has 23 heavy (non-hydrogen) atoms. The zero-order valence-corrected chi connectivity index (χ0v) is 14.0. The largest absolute Gasteiger partial charge is 0.396 e. The number of carbonyl (C=O) groups is 1. The SMILES string of the molecule is CNC(=O)c1ccc(CNc2ccc(SCCCO)cc2)cc1. The van der Waals surface area contributed by atoms with Gasteiger partial charge in [-0.1, -0.05) is 12.1 Å². The van der Waals surface area contributed by atoms with Crippen LogP contribution in [0.15, 0.2) is 53.4 Å². The molecule has 0 atom stereocenters. The molecule has 1 amide bonds. The van der Waals surface area contributed by atoms with Crippen LogP contribution in [0.4, 0.5) is 5.69 Å². The molecular weight excluding hydrogens is 308 g/mol. The van der Waals surface area contributed by atoms with Gasteiger partial charge in [0.15, 0.2) is 0 Å². The van der Waals surface area contributed by atoms with Crippen LogP contribution >= 0.6 is 11.8 Å². The predicted molar refractivity (Wildman–Crippen MR) is 96.0 cm³/mol. The molecule has 0 radical (unpaired) electrons. The third-order valence-electron chi connectivity index (χ3n) is 3.37. The number of amides is 1. The monoisotopic (exact) mass is 330 g/mol. The van der Waals surface area contributed by atoms with Gasteiger partial charge in [-0.05, 0) is 48.4 Å². The molecular formula is C18H22N2O2S. The molecule has 0 fully saturated rings. The Kier molecular flexibility index (Phi) is 6.97. The second-order valence-electron chi connectivity index (χ2n) is 5.08. The van der Waals surface area contributed by atoms with Gasteiger partial charge in [0.1, 0.15) is 0 Å². The van der Waals surface area contributed by atoms with Gasteiger partial charge in [-0.3, -0.25) is 4.79 Å². The van der Waals surface area contributed by atoms with Gasteiger partial charge >= 0.3 is 0 Å². The number of hydrogen-bond donors (Lipinski definition) is 3. The summed E-state index contributed by atoms with van der Waals surface area (Å²) in [7, 11) is 1.63. The van der Waals surface area contributed by atoms with Crippen LogP contribution in [0.5, 0.6) is 0 Å². The molecule has 0 saturated heterocycles. The van der Waals surface area contributed by atoms with Crippen LogP contribution in [0.2, 0.25) is 0 Å². The van der Waals surface area contributed by atoms with Crippen molar-refractivity contribution in [3.05, 3.63) is 59.7 Å². The minimum Gasteiger partial charge on any atom is -0.396 e. The highest BCUT2D eigenvalue weighted by atomic mass is 32.2. The number of aliphatic hydroxyl groups is 1. The van der Waals surface area contributed by atoms with Crippen LogP contribution in [0.25, 0.3) is 0 Å².